The van der Waals surface area contributed by atoms with E-state index in [-0.39, 0.29) is 0 Å². The molecule has 0 radical (unpaired) electrons. The number of hydrogen-bond acceptors (Lipinski definition) is 1. The Labute approximate surface area is 120 Å². The van der Waals surface area contributed by atoms with Crippen molar-refractivity contribution in [3.8, 4) is 11.3 Å². The van der Waals surface area contributed by atoms with E-state index in [1.807, 2.05) is 40.9 Å². The van der Waals surface area contributed by atoms with Crippen molar-refractivity contribution in [1.29, 1.82) is 0 Å². The number of benzene rings is 2. The normalized spacial score (nSPS) is 10.9. The molecule has 0 aliphatic heterocycles. The molecule has 0 saturated carbocycles. The summed E-state index contributed by atoms with van der Waals surface area (Å²) < 4.78 is 2.98. The van der Waals surface area contributed by atoms with Crippen molar-refractivity contribution >= 4 is 33.9 Å². The number of aromatic nitrogens is 1. The second-order valence-electron chi connectivity index (χ2n) is 4.55. The molecule has 0 spiro atoms. The van der Waals surface area contributed by atoms with E-state index in [1.54, 1.807) is 6.82 Å². The number of nitrogens with zero attached hydrogens (tertiary/aromatic N) is 1. The lowest BCUT2D eigenvalue weighted by Gasteiger charge is -2.11. The number of rotatable bonds is 2. The van der Waals surface area contributed by atoms with Crippen LogP contribution in [-0.4, -0.2) is 16.6 Å². The van der Waals surface area contributed by atoms with Crippen LogP contribution in [0, 0.1) is 0 Å². The third-order valence-corrected chi connectivity index (χ3v) is 4.07. The van der Waals surface area contributed by atoms with E-state index in [2.05, 4.69) is 34.1 Å². The van der Waals surface area contributed by atoms with Crippen molar-refractivity contribution in [2.75, 3.05) is 0 Å². The van der Waals surface area contributed by atoms with Gasteiger partial charge in [0.05, 0.1) is 10.2 Å². The van der Waals surface area contributed by atoms with Crippen molar-refractivity contribution < 1.29 is 5.02 Å². The Morgan fingerprint density at radius 1 is 1.00 bits per heavy atom. The first-order valence-corrected chi connectivity index (χ1v) is 7.01. The van der Waals surface area contributed by atoms with Gasteiger partial charge in [-0.05, 0) is 34.4 Å². The monoisotopic (exact) mass is 313 g/mol. The molecule has 3 aromatic rings. The summed E-state index contributed by atoms with van der Waals surface area (Å²) in [6.07, 6.45) is 0. The van der Waals surface area contributed by atoms with Gasteiger partial charge in [0.25, 0.3) is 0 Å². The van der Waals surface area contributed by atoms with Gasteiger partial charge >= 0.3 is 7.05 Å². The molecule has 94 valence electrons. The van der Waals surface area contributed by atoms with E-state index in [4.69, 9.17) is 0 Å². The lowest BCUT2D eigenvalue weighted by Crippen LogP contribution is -2.20. The molecule has 0 unspecified atom stereocenters. The van der Waals surface area contributed by atoms with Crippen molar-refractivity contribution in [2.24, 2.45) is 0 Å². The van der Waals surface area contributed by atoms with E-state index >= 15 is 0 Å². The van der Waals surface area contributed by atoms with E-state index in [1.165, 1.54) is 0 Å². The van der Waals surface area contributed by atoms with Crippen LogP contribution in [0.4, 0.5) is 0 Å². The fraction of sp³-hybridized carbons (Fsp3) is 0.0667. The van der Waals surface area contributed by atoms with Crippen molar-refractivity contribution in [1.82, 2.24) is 4.48 Å². The van der Waals surface area contributed by atoms with Gasteiger partial charge < -0.3 is 9.50 Å². The fourth-order valence-corrected chi connectivity index (χ4v) is 3.23. The van der Waals surface area contributed by atoms with Crippen LogP contribution >= 0.6 is 15.9 Å². The van der Waals surface area contributed by atoms with Gasteiger partial charge in [0.2, 0.25) is 0 Å². The summed E-state index contributed by atoms with van der Waals surface area (Å²) in [5.74, 6) is 0. The number of fused-ring (bicyclic) bond motifs is 1. The van der Waals surface area contributed by atoms with Crippen LogP contribution in [0.3, 0.4) is 0 Å². The molecule has 0 fully saturated rings. The Balaban J connectivity index is 2.41. The molecule has 2 nitrogen and oxygen atoms in total. The molecule has 1 aromatic heterocycles. The van der Waals surface area contributed by atoms with Gasteiger partial charge in [-0.2, -0.15) is 0 Å². The fourth-order valence-electron chi connectivity index (χ4n) is 2.47. The first-order valence-electron chi connectivity index (χ1n) is 6.22. The molecule has 1 N–H and O–H groups in total. The highest BCUT2D eigenvalue weighted by atomic mass is 79.9. The second-order valence-corrected chi connectivity index (χ2v) is 5.34. The molecule has 19 heavy (non-hydrogen) atoms. The smallest absolute Gasteiger partial charge is 0.414 e. The van der Waals surface area contributed by atoms with Crippen LogP contribution in [0.5, 0.6) is 0 Å². The van der Waals surface area contributed by atoms with E-state index in [0.29, 0.717) is 0 Å². The molecule has 4 heteroatoms. The van der Waals surface area contributed by atoms with E-state index in [9.17, 15) is 5.02 Å². The van der Waals surface area contributed by atoms with E-state index < -0.39 is 7.05 Å². The Morgan fingerprint density at radius 2 is 1.63 bits per heavy atom. The summed E-state index contributed by atoms with van der Waals surface area (Å²) in [4.78, 5) is 0. The van der Waals surface area contributed by atoms with Crippen LogP contribution in [-0.2, 0) is 0 Å². The molecule has 3 rings (SSSR count). The molecule has 0 amide bonds. The lowest BCUT2D eigenvalue weighted by atomic mass is 9.86. The molecule has 0 bridgehead atoms. The minimum Gasteiger partial charge on any atom is -0.432 e. The zero-order valence-corrected chi connectivity index (χ0v) is 12.1. The lowest BCUT2D eigenvalue weighted by molar-refractivity contribution is 0.567. The third-order valence-electron chi connectivity index (χ3n) is 3.27. The molecule has 0 aliphatic carbocycles. The predicted molar refractivity (Wildman–Crippen MR) is 84.3 cm³/mol. The Bertz CT molecular complexity index is 722. The summed E-state index contributed by atoms with van der Waals surface area (Å²) in [7, 11) is -0.577. The quantitative estimate of drug-likeness (QED) is 0.710. The highest BCUT2D eigenvalue weighted by molar-refractivity contribution is 9.10. The third kappa shape index (κ3) is 2.01. The van der Waals surface area contributed by atoms with Gasteiger partial charge in [-0.3, -0.25) is 0 Å². The highest BCUT2D eigenvalue weighted by Crippen LogP contribution is 2.37. The van der Waals surface area contributed by atoms with Gasteiger partial charge in [0.1, 0.15) is 0 Å². The van der Waals surface area contributed by atoms with Gasteiger partial charge in [0, 0.05) is 10.9 Å². The topological polar surface area (TPSA) is 25.2 Å². The highest BCUT2D eigenvalue weighted by Gasteiger charge is 2.21. The minimum absolute atomic E-state index is 0.577. The van der Waals surface area contributed by atoms with Gasteiger partial charge in [-0.15, -0.1) is 0 Å². The number of para-hydroxylation sites is 1. The first kappa shape index (κ1) is 12.5. The van der Waals surface area contributed by atoms with Gasteiger partial charge in [-0.1, -0.05) is 48.5 Å². The summed E-state index contributed by atoms with van der Waals surface area (Å²) in [6.45, 7) is 1.78. The molecular formula is C15H13BBrNO. The zero-order valence-electron chi connectivity index (χ0n) is 10.5. The molecule has 0 aliphatic rings. The predicted octanol–water partition coefficient (Wildman–Crippen LogP) is 4.03. The van der Waals surface area contributed by atoms with Crippen molar-refractivity contribution in [3.05, 3.63) is 59.1 Å². The standard InChI is InChI=1S/C15H13BBrNO/c1-16(19)18-13-10-6-5-9-12(13)14(17)15(18)11-7-3-2-4-8-11/h2-10,19H,1H3. The average Bonchev–Trinajstić information content (AvgIpc) is 2.74. The summed E-state index contributed by atoms with van der Waals surface area (Å²) >= 11 is 3.68. The summed E-state index contributed by atoms with van der Waals surface area (Å²) in [6, 6.07) is 18.2. The first-order chi connectivity index (χ1) is 9.20. The summed E-state index contributed by atoms with van der Waals surface area (Å²) in [5.41, 5.74) is 3.13. The van der Waals surface area contributed by atoms with Gasteiger partial charge in [0.15, 0.2) is 0 Å². The maximum Gasteiger partial charge on any atom is 0.414 e. The van der Waals surface area contributed by atoms with Crippen molar-refractivity contribution in [2.45, 2.75) is 6.82 Å². The van der Waals surface area contributed by atoms with Gasteiger partial charge in [-0.25, -0.2) is 0 Å². The zero-order chi connectivity index (χ0) is 13.4. The minimum atomic E-state index is -0.577. The van der Waals surface area contributed by atoms with Crippen LogP contribution < -0.4 is 0 Å². The van der Waals surface area contributed by atoms with Crippen LogP contribution in [0.15, 0.2) is 59.1 Å². The largest absolute Gasteiger partial charge is 0.432 e. The van der Waals surface area contributed by atoms with E-state index in [0.717, 1.165) is 26.6 Å². The molecule has 1 heterocycles. The number of halogens is 1. The molecule has 0 saturated heterocycles. The average molecular weight is 314 g/mol. The Morgan fingerprint density at radius 3 is 2.32 bits per heavy atom. The maximum absolute atomic E-state index is 10.1. The molecular weight excluding hydrogens is 301 g/mol. The SMILES string of the molecule is CB(O)n1c(-c2ccccc2)c(Br)c2ccccc21. The second kappa shape index (κ2) is 4.87. The molecule has 2 aromatic carbocycles. The van der Waals surface area contributed by atoms with Crippen LogP contribution in [0.25, 0.3) is 22.2 Å². The maximum atomic E-state index is 10.1. The Kier molecular flexibility index (Phi) is 3.21. The van der Waals surface area contributed by atoms with Crippen LogP contribution in [0.1, 0.15) is 0 Å². The van der Waals surface area contributed by atoms with Crippen LogP contribution in [0.2, 0.25) is 6.82 Å². The van der Waals surface area contributed by atoms with Crippen molar-refractivity contribution in [3.63, 3.8) is 0 Å². The Hall–Kier alpha value is -1.52. The molecule has 0 atom stereocenters. The number of hydrogen-bond donors (Lipinski definition) is 1. The summed E-state index contributed by atoms with van der Waals surface area (Å²) in [5, 5.41) is 11.2.